The van der Waals surface area contributed by atoms with Crippen molar-refractivity contribution < 1.29 is 19.3 Å². The molecule has 26 heavy (non-hydrogen) atoms. The molecule has 0 saturated carbocycles. The van der Waals surface area contributed by atoms with Crippen LogP contribution in [0.5, 0.6) is 0 Å². The van der Waals surface area contributed by atoms with E-state index in [1.165, 1.54) is 37.4 Å². The highest BCUT2D eigenvalue weighted by molar-refractivity contribution is 8.23. The molecule has 0 bridgehead atoms. The predicted molar refractivity (Wildman–Crippen MR) is 115 cm³/mol. The molecule has 0 spiro atoms. The molecule has 0 aromatic heterocycles. The molecule has 0 aliphatic carbocycles. The average Bonchev–Trinajstić information content (AvgIpc) is 2.48. The lowest BCUT2D eigenvalue weighted by Gasteiger charge is -2.44. The molecular formula is C16H26N2O4S4. The van der Waals surface area contributed by atoms with E-state index >= 15 is 0 Å². The van der Waals surface area contributed by atoms with E-state index in [2.05, 4.69) is 0 Å². The molecule has 6 nitrogen and oxygen atoms in total. The number of carbonyl (C=O) groups is 2. The SMILES string of the molecule is CC(=O)C(C)SC(=S)ON1CCN(OC(=S)SC(C)C(C)=O)C(C)(C)C1. The molecule has 1 rings (SSSR count). The van der Waals surface area contributed by atoms with Crippen LogP contribution in [0.25, 0.3) is 0 Å². The second-order valence-electron chi connectivity index (χ2n) is 6.70. The number of piperazine rings is 1. The summed E-state index contributed by atoms with van der Waals surface area (Å²) in [7, 11) is 0. The van der Waals surface area contributed by atoms with Crippen molar-refractivity contribution in [1.82, 2.24) is 10.1 Å². The Bertz CT molecular complexity index is 570. The highest BCUT2D eigenvalue weighted by Crippen LogP contribution is 2.26. The van der Waals surface area contributed by atoms with E-state index in [1.807, 2.05) is 18.9 Å². The Morgan fingerprint density at radius 2 is 1.42 bits per heavy atom. The normalized spacial score (nSPS) is 20.1. The number of hydrogen-bond donors (Lipinski definition) is 0. The molecule has 2 atom stereocenters. The van der Waals surface area contributed by atoms with Gasteiger partial charge in [-0.15, -0.1) is 10.1 Å². The molecule has 10 heteroatoms. The monoisotopic (exact) mass is 438 g/mol. The molecule has 0 N–H and O–H groups in total. The fourth-order valence-electron chi connectivity index (χ4n) is 2.03. The minimum Gasteiger partial charge on any atom is -0.387 e. The maximum absolute atomic E-state index is 11.4. The molecule has 0 aromatic carbocycles. The number of carbonyl (C=O) groups excluding carboxylic acids is 2. The smallest absolute Gasteiger partial charge is 0.245 e. The zero-order chi connectivity index (χ0) is 20.1. The van der Waals surface area contributed by atoms with E-state index in [0.717, 1.165) is 0 Å². The van der Waals surface area contributed by atoms with Gasteiger partial charge in [-0.05, 0) is 66.0 Å². The van der Waals surface area contributed by atoms with Gasteiger partial charge >= 0.3 is 0 Å². The van der Waals surface area contributed by atoms with Gasteiger partial charge in [0.25, 0.3) is 0 Å². The number of rotatable bonds is 6. The number of thioether (sulfide) groups is 2. The lowest BCUT2D eigenvalue weighted by molar-refractivity contribution is -0.220. The van der Waals surface area contributed by atoms with E-state index < -0.39 is 0 Å². The van der Waals surface area contributed by atoms with Crippen LogP contribution >= 0.6 is 48.0 Å². The largest absolute Gasteiger partial charge is 0.387 e. The van der Waals surface area contributed by atoms with Crippen LogP contribution in [0.1, 0.15) is 41.5 Å². The summed E-state index contributed by atoms with van der Waals surface area (Å²) in [5.74, 6) is 0.120. The Labute approximate surface area is 174 Å². The van der Waals surface area contributed by atoms with E-state index in [9.17, 15) is 9.59 Å². The van der Waals surface area contributed by atoms with Crippen LogP contribution in [-0.2, 0) is 19.3 Å². The van der Waals surface area contributed by atoms with E-state index in [-0.39, 0.29) is 27.6 Å². The fourth-order valence-corrected chi connectivity index (χ4v) is 4.29. The first-order chi connectivity index (χ1) is 11.9. The number of Topliss-reactive ketones (excluding diaryl/α,β-unsaturated/α-hetero) is 2. The van der Waals surface area contributed by atoms with E-state index in [0.29, 0.717) is 28.4 Å². The third-order valence-electron chi connectivity index (χ3n) is 3.87. The lowest BCUT2D eigenvalue weighted by Crippen LogP contribution is -2.59. The molecule has 1 fully saturated rings. The van der Waals surface area contributed by atoms with Crippen LogP contribution in [0, 0.1) is 0 Å². The average molecular weight is 439 g/mol. The summed E-state index contributed by atoms with van der Waals surface area (Å²) >= 11 is 13.0. The van der Waals surface area contributed by atoms with Gasteiger partial charge in [-0.2, -0.15) is 0 Å². The van der Waals surface area contributed by atoms with Crippen LogP contribution in [0.4, 0.5) is 0 Å². The summed E-state index contributed by atoms with van der Waals surface area (Å²) in [5.41, 5.74) is -0.366. The summed E-state index contributed by atoms with van der Waals surface area (Å²) in [6.45, 7) is 12.4. The number of thiocarbonyl (C=S) groups is 2. The summed E-state index contributed by atoms with van der Waals surface area (Å²) in [5, 5.41) is 3.13. The van der Waals surface area contributed by atoms with Gasteiger partial charge in [-0.3, -0.25) is 9.59 Å². The van der Waals surface area contributed by atoms with Crippen LogP contribution in [0.15, 0.2) is 0 Å². The number of hydroxylamine groups is 4. The second-order valence-corrected chi connectivity index (χ2v) is 10.6. The van der Waals surface area contributed by atoms with Crippen LogP contribution in [0.2, 0.25) is 0 Å². The van der Waals surface area contributed by atoms with Crippen molar-refractivity contribution in [3.8, 4) is 0 Å². The number of ketones is 2. The maximum atomic E-state index is 11.4. The summed E-state index contributed by atoms with van der Waals surface area (Å²) in [6.07, 6.45) is 0. The van der Waals surface area contributed by atoms with Crippen molar-refractivity contribution in [1.29, 1.82) is 0 Å². The van der Waals surface area contributed by atoms with Gasteiger partial charge in [0, 0.05) is 0 Å². The van der Waals surface area contributed by atoms with Gasteiger partial charge in [0.1, 0.15) is 11.6 Å². The summed E-state index contributed by atoms with van der Waals surface area (Å²) in [4.78, 5) is 34.2. The molecule has 148 valence electrons. The zero-order valence-electron chi connectivity index (χ0n) is 15.9. The van der Waals surface area contributed by atoms with Crippen molar-refractivity contribution in [2.75, 3.05) is 19.6 Å². The van der Waals surface area contributed by atoms with Gasteiger partial charge in [-0.1, -0.05) is 23.5 Å². The molecule has 1 saturated heterocycles. The number of nitrogens with zero attached hydrogens (tertiary/aromatic N) is 2. The van der Waals surface area contributed by atoms with E-state index in [1.54, 1.807) is 18.9 Å². The van der Waals surface area contributed by atoms with Gasteiger partial charge in [0.15, 0.2) is 0 Å². The summed E-state index contributed by atoms with van der Waals surface area (Å²) < 4.78 is 0.663. The highest BCUT2D eigenvalue weighted by atomic mass is 32.2. The van der Waals surface area contributed by atoms with Crippen LogP contribution in [-0.4, -0.2) is 66.1 Å². The van der Waals surface area contributed by atoms with Gasteiger partial charge in [-0.25, -0.2) is 0 Å². The van der Waals surface area contributed by atoms with Crippen LogP contribution < -0.4 is 0 Å². The quantitative estimate of drug-likeness (QED) is 0.578. The Hall–Kier alpha value is -0.260. The minimum absolute atomic E-state index is 0.0595. The maximum Gasteiger partial charge on any atom is 0.245 e. The molecule has 0 amide bonds. The fraction of sp³-hybridized carbons (Fsp3) is 0.750. The van der Waals surface area contributed by atoms with Gasteiger partial charge < -0.3 is 9.68 Å². The Morgan fingerprint density at radius 3 is 1.85 bits per heavy atom. The van der Waals surface area contributed by atoms with Crippen LogP contribution in [0.3, 0.4) is 0 Å². The van der Waals surface area contributed by atoms with Crippen molar-refractivity contribution in [2.24, 2.45) is 0 Å². The molecule has 0 radical (unpaired) electrons. The Balaban J connectivity index is 2.54. The Morgan fingerprint density at radius 1 is 0.962 bits per heavy atom. The first-order valence-corrected chi connectivity index (χ1v) is 10.8. The zero-order valence-corrected chi connectivity index (χ0v) is 19.2. The Kier molecular flexibility index (Phi) is 9.45. The first kappa shape index (κ1) is 23.8. The lowest BCUT2D eigenvalue weighted by atomic mass is 10.0. The third-order valence-corrected chi connectivity index (χ3v) is 6.50. The predicted octanol–water partition coefficient (Wildman–Crippen LogP) is 3.24. The molecular weight excluding hydrogens is 412 g/mol. The van der Waals surface area contributed by atoms with Crippen molar-refractivity contribution in [3.63, 3.8) is 0 Å². The van der Waals surface area contributed by atoms with Crippen molar-refractivity contribution in [3.05, 3.63) is 0 Å². The molecule has 1 aliphatic rings. The molecule has 1 aliphatic heterocycles. The second kappa shape index (κ2) is 10.3. The van der Waals surface area contributed by atoms with Crippen molar-refractivity contribution >= 4 is 68.3 Å². The minimum atomic E-state index is -0.366. The highest BCUT2D eigenvalue weighted by Gasteiger charge is 2.38. The van der Waals surface area contributed by atoms with E-state index in [4.69, 9.17) is 34.1 Å². The molecule has 1 heterocycles. The standard InChI is InChI=1S/C16H26N2O4S4/c1-10(19)12(3)25-14(23)21-17-7-8-18(16(5,6)9-17)22-15(24)26-13(4)11(2)20/h12-13H,7-9H2,1-6H3. The third kappa shape index (κ3) is 7.77. The first-order valence-electron chi connectivity index (χ1n) is 8.23. The number of hydrogen-bond acceptors (Lipinski definition) is 10. The topological polar surface area (TPSA) is 59.1 Å². The van der Waals surface area contributed by atoms with Gasteiger partial charge in [0.05, 0.1) is 35.7 Å². The summed E-state index contributed by atoms with van der Waals surface area (Å²) in [6, 6.07) is 0. The molecule has 2 unspecified atom stereocenters. The van der Waals surface area contributed by atoms with Gasteiger partial charge in [0.2, 0.25) is 8.77 Å². The molecule has 0 aromatic rings. The van der Waals surface area contributed by atoms with Crippen molar-refractivity contribution in [2.45, 2.75) is 57.6 Å².